The number of anilines is 1. The van der Waals surface area contributed by atoms with Gasteiger partial charge in [0.15, 0.2) is 11.9 Å². The van der Waals surface area contributed by atoms with Crippen LogP contribution in [0.1, 0.15) is 34.5 Å². The highest BCUT2D eigenvalue weighted by molar-refractivity contribution is 7.10. The molecule has 0 spiro atoms. The number of esters is 1. The van der Waals surface area contributed by atoms with Crippen molar-refractivity contribution in [1.29, 1.82) is 5.26 Å². The Hall–Kier alpha value is -5.11. The molecule has 3 atom stereocenters. The topological polar surface area (TPSA) is 150 Å². The van der Waals surface area contributed by atoms with Crippen LogP contribution >= 0.6 is 22.9 Å². The van der Waals surface area contributed by atoms with Crippen molar-refractivity contribution in [2.24, 2.45) is 10.1 Å². The number of halogens is 3. The summed E-state index contributed by atoms with van der Waals surface area (Å²) in [4.78, 5) is 35.5. The third kappa shape index (κ3) is 9.21. The van der Waals surface area contributed by atoms with Gasteiger partial charge >= 0.3 is 12.1 Å². The summed E-state index contributed by atoms with van der Waals surface area (Å²) < 4.78 is 40.0. The van der Waals surface area contributed by atoms with E-state index in [9.17, 15) is 19.1 Å². The third-order valence-corrected chi connectivity index (χ3v) is 9.58. The van der Waals surface area contributed by atoms with Gasteiger partial charge in [-0.25, -0.2) is 18.6 Å². The average Bonchev–Trinajstić information content (AvgIpc) is 3.78. The summed E-state index contributed by atoms with van der Waals surface area (Å²) in [7, 11) is 3.47. The molecule has 0 bridgehead atoms. The van der Waals surface area contributed by atoms with Crippen molar-refractivity contribution < 1.29 is 37.5 Å². The fourth-order valence-corrected chi connectivity index (χ4v) is 6.68. The number of likely N-dealkylation sites (N-methyl/N-ethyl adjacent to an activating group) is 1. The van der Waals surface area contributed by atoms with Crippen LogP contribution in [0.5, 0.6) is 0 Å². The lowest BCUT2D eigenvalue weighted by Gasteiger charge is -2.38. The largest absolute Gasteiger partial charge is 0.460 e. The molecule has 5 rings (SSSR count). The highest BCUT2D eigenvalue weighted by atomic mass is 35.5. The number of aliphatic hydroxyl groups is 1. The predicted molar refractivity (Wildman–Crippen MR) is 193 cm³/mol. The maximum absolute atomic E-state index is 15.5. The lowest BCUT2D eigenvalue weighted by Crippen LogP contribution is -2.54. The minimum atomic E-state index is -2.02. The van der Waals surface area contributed by atoms with E-state index in [2.05, 4.69) is 21.5 Å². The second kappa shape index (κ2) is 16.5. The van der Waals surface area contributed by atoms with Gasteiger partial charge in [0.05, 0.1) is 34.6 Å². The zero-order valence-corrected chi connectivity index (χ0v) is 30.0. The molecule has 1 aliphatic rings. The molecule has 1 aromatic heterocycles. The maximum Gasteiger partial charge on any atom is 0.411 e. The van der Waals surface area contributed by atoms with Crippen LogP contribution in [0.3, 0.4) is 0 Å². The number of aromatic nitrogens is 1. The van der Waals surface area contributed by atoms with E-state index in [0.29, 0.717) is 32.9 Å². The van der Waals surface area contributed by atoms with Gasteiger partial charge < -0.3 is 14.6 Å². The van der Waals surface area contributed by atoms with Crippen LogP contribution in [-0.2, 0) is 26.5 Å². The number of aliphatic imine (C=N–C) groups is 1. The highest BCUT2D eigenvalue weighted by Gasteiger charge is 2.49. The lowest BCUT2D eigenvalue weighted by molar-refractivity contribution is -0.848. The Morgan fingerprint density at radius 1 is 1.13 bits per heavy atom. The SMILES string of the molecule is C[C@@H](c1nc(-c2ccc(C#N)cc2)cs1)[C@](O)(C[N+]1(CCOC(=O)Nc2cc(Cl)ccc2COC(=O)CN(C)C)C=NC=N1)c1ccc(F)cc1F. The first kappa shape index (κ1) is 38.1. The van der Waals surface area contributed by atoms with Gasteiger partial charge in [0.2, 0.25) is 6.34 Å². The highest BCUT2D eigenvalue weighted by Crippen LogP contribution is 2.42. The Bertz CT molecular complexity index is 2020. The van der Waals surface area contributed by atoms with Crippen LogP contribution in [0.15, 0.2) is 76.1 Å². The van der Waals surface area contributed by atoms with Crippen molar-refractivity contribution in [2.45, 2.75) is 25.0 Å². The monoisotopic (exact) mass is 750 g/mol. The second-order valence-corrected chi connectivity index (χ2v) is 13.7. The zero-order chi connectivity index (χ0) is 37.5. The van der Waals surface area contributed by atoms with Gasteiger partial charge in [0.1, 0.15) is 37.9 Å². The summed E-state index contributed by atoms with van der Waals surface area (Å²) in [5, 5.41) is 31.3. The number of hydrogen-bond donors (Lipinski definition) is 2. The lowest BCUT2D eigenvalue weighted by atomic mass is 9.81. The fourth-order valence-electron chi connectivity index (χ4n) is 5.54. The van der Waals surface area contributed by atoms with E-state index in [0.717, 1.165) is 11.6 Å². The summed E-state index contributed by atoms with van der Waals surface area (Å²) in [6, 6.07) is 16.6. The fraction of sp³-hybridized carbons (Fsp3) is 0.278. The van der Waals surface area contributed by atoms with Gasteiger partial charge in [-0.3, -0.25) is 15.0 Å². The molecule has 1 amide bonds. The number of ether oxygens (including phenoxy) is 2. The molecule has 3 aromatic carbocycles. The number of quaternary nitrogens is 1. The number of benzene rings is 3. The molecule has 52 heavy (non-hydrogen) atoms. The summed E-state index contributed by atoms with van der Waals surface area (Å²) in [6.07, 6.45) is 1.86. The summed E-state index contributed by atoms with van der Waals surface area (Å²) >= 11 is 7.41. The molecule has 0 saturated carbocycles. The molecule has 1 aliphatic heterocycles. The Kier molecular flexibility index (Phi) is 12.1. The molecule has 270 valence electrons. The molecule has 4 aromatic rings. The van der Waals surface area contributed by atoms with Crippen molar-refractivity contribution in [1.82, 2.24) is 9.88 Å². The van der Waals surface area contributed by atoms with Crippen molar-refractivity contribution in [3.63, 3.8) is 0 Å². The van der Waals surface area contributed by atoms with E-state index in [4.69, 9.17) is 31.3 Å². The first-order chi connectivity index (χ1) is 24.8. The maximum atomic E-state index is 15.5. The Morgan fingerprint density at radius 3 is 2.58 bits per heavy atom. The van der Waals surface area contributed by atoms with Crippen LogP contribution in [0.4, 0.5) is 19.3 Å². The number of nitrogens with one attached hydrogen (secondary N) is 1. The number of amides is 1. The van der Waals surface area contributed by atoms with Gasteiger partial charge in [0.25, 0.3) is 0 Å². The van der Waals surface area contributed by atoms with E-state index in [-0.39, 0.29) is 44.1 Å². The Balaban J connectivity index is 1.33. The van der Waals surface area contributed by atoms with Crippen molar-refractivity contribution >= 4 is 53.4 Å². The van der Waals surface area contributed by atoms with E-state index < -0.39 is 39.8 Å². The molecule has 0 radical (unpaired) electrons. The first-order valence-corrected chi connectivity index (χ1v) is 17.2. The standard InChI is InChI=1S/C36H34ClF2N7O5S/c1-23(34-43-32(19-52-34)25-6-4-24(16-40)5-7-25)36(49,29-11-10-28(38)15-30(29)39)20-46(22-41-21-42-46)12-13-50-35(48)44-31-14-27(37)9-8-26(31)18-51-33(47)17-45(2)3/h4-11,14-15,19,21-23,49H,12-13,17-18,20H2,1-3H3/p+1/t23-,36+,46?/m0/s1. The average molecular weight is 751 g/mol. The Morgan fingerprint density at radius 2 is 1.90 bits per heavy atom. The van der Waals surface area contributed by atoms with Gasteiger partial charge in [-0.15, -0.1) is 15.9 Å². The second-order valence-electron chi connectivity index (χ2n) is 12.4. The number of carbonyl (C=O) groups excluding carboxylic acids is 2. The number of rotatable bonds is 14. The van der Waals surface area contributed by atoms with E-state index in [1.165, 1.54) is 36.1 Å². The molecule has 0 aliphatic carbocycles. The van der Waals surface area contributed by atoms with Crippen molar-refractivity contribution in [3.8, 4) is 17.3 Å². The smallest absolute Gasteiger partial charge is 0.411 e. The van der Waals surface area contributed by atoms with Gasteiger partial charge in [0, 0.05) is 39.1 Å². The molecule has 16 heteroatoms. The van der Waals surface area contributed by atoms with E-state index >= 15 is 4.39 Å². The van der Waals surface area contributed by atoms with Crippen LogP contribution in [-0.4, -0.2) is 84.7 Å². The third-order valence-electron chi connectivity index (χ3n) is 8.32. The van der Waals surface area contributed by atoms with Crippen LogP contribution in [0.25, 0.3) is 11.3 Å². The van der Waals surface area contributed by atoms with Gasteiger partial charge in [-0.2, -0.15) is 10.3 Å². The predicted octanol–water partition coefficient (Wildman–Crippen LogP) is 6.26. The van der Waals surface area contributed by atoms with E-state index in [1.807, 2.05) is 0 Å². The molecule has 0 fully saturated rings. The molecule has 1 unspecified atom stereocenters. The van der Waals surface area contributed by atoms with Gasteiger partial charge in [-0.05, 0) is 44.4 Å². The molecule has 0 saturated heterocycles. The van der Waals surface area contributed by atoms with Crippen molar-refractivity contribution in [2.75, 3.05) is 45.7 Å². The number of carbonyl (C=O) groups is 2. The minimum absolute atomic E-state index is 0.0236. The normalized spacial score (nSPS) is 16.7. The number of hydrogen-bond acceptors (Lipinski definition) is 11. The molecule has 2 N–H and O–H groups in total. The van der Waals surface area contributed by atoms with Gasteiger partial charge in [-0.1, -0.05) is 47.9 Å². The van der Waals surface area contributed by atoms with Crippen LogP contribution in [0, 0.1) is 23.0 Å². The molecule has 12 nitrogen and oxygen atoms in total. The zero-order valence-electron chi connectivity index (χ0n) is 28.4. The van der Waals surface area contributed by atoms with Crippen LogP contribution in [0.2, 0.25) is 5.02 Å². The molecule has 2 heterocycles. The van der Waals surface area contributed by atoms with Crippen molar-refractivity contribution in [3.05, 3.63) is 104 Å². The van der Waals surface area contributed by atoms with E-state index in [1.54, 1.807) is 67.7 Å². The Labute approximate surface area is 307 Å². The summed E-state index contributed by atoms with van der Waals surface area (Å²) in [5.74, 6) is -3.07. The number of nitrogens with zero attached hydrogens (tertiary/aromatic N) is 6. The van der Waals surface area contributed by atoms with Crippen LogP contribution < -0.4 is 5.32 Å². The molecular weight excluding hydrogens is 716 g/mol. The summed E-state index contributed by atoms with van der Waals surface area (Å²) in [5.41, 5.74) is 0.393. The molecular formula is C36H35ClF2N7O5S+. The quantitative estimate of drug-likeness (QED) is 0.113. The number of nitriles is 1. The summed E-state index contributed by atoms with van der Waals surface area (Å²) in [6.45, 7) is 1.11. The number of thiazole rings is 1. The first-order valence-electron chi connectivity index (χ1n) is 15.9. The minimum Gasteiger partial charge on any atom is -0.460 e.